The highest BCUT2D eigenvalue weighted by molar-refractivity contribution is 5.12. The maximum Gasteiger partial charge on any atom is 0.0578 e. The van der Waals surface area contributed by atoms with Crippen molar-refractivity contribution >= 4 is 0 Å². The van der Waals surface area contributed by atoms with E-state index in [0.29, 0.717) is 6.04 Å². The van der Waals surface area contributed by atoms with E-state index in [1.165, 1.54) is 24.1 Å². The largest absolute Gasteiger partial charge is 0.298 e. The van der Waals surface area contributed by atoms with Crippen LogP contribution in [0, 0.1) is 5.92 Å². The van der Waals surface area contributed by atoms with E-state index in [1.807, 2.05) is 30.7 Å². The first-order valence-electron chi connectivity index (χ1n) is 7.84. The first-order valence-corrected chi connectivity index (χ1v) is 7.84. The molecule has 1 saturated carbocycles. The smallest absolute Gasteiger partial charge is 0.0578 e. The van der Waals surface area contributed by atoms with Gasteiger partial charge in [0.25, 0.3) is 0 Å². The summed E-state index contributed by atoms with van der Waals surface area (Å²) >= 11 is 0. The molecule has 3 nitrogen and oxygen atoms in total. The van der Waals surface area contributed by atoms with Crippen molar-refractivity contribution in [2.75, 3.05) is 13.6 Å². The third-order valence-electron chi connectivity index (χ3n) is 4.23. The molecule has 0 N–H and O–H groups in total. The average Bonchev–Trinajstić information content (AvgIpc) is 3.34. The Labute approximate surface area is 127 Å². The molecule has 0 radical (unpaired) electrons. The van der Waals surface area contributed by atoms with E-state index >= 15 is 0 Å². The van der Waals surface area contributed by atoms with E-state index in [2.05, 4.69) is 40.1 Å². The SMILES string of the molecule is CN(CCCc1cccnc1)[C@@H](c1ccccn1)C1CC1. The zero-order chi connectivity index (χ0) is 14.5. The molecule has 0 bridgehead atoms. The molecule has 0 spiro atoms. The maximum absolute atomic E-state index is 4.58. The number of aryl methyl sites for hydroxylation is 1. The zero-order valence-corrected chi connectivity index (χ0v) is 12.7. The van der Waals surface area contributed by atoms with Crippen LogP contribution in [0.4, 0.5) is 0 Å². The molecular formula is C18H23N3. The van der Waals surface area contributed by atoms with Gasteiger partial charge in [-0.1, -0.05) is 12.1 Å². The molecule has 1 aliphatic rings. The van der Waals surface area contributed by atoms with E-state index in [0.717, 1.165) is 25.3 Å². The average molecular weight is 281 g/mol. The molecule has 1 fully saturated rings. The lowest BCUT2D eigenvalue weighted by Gasteiger charge is -2.27. The minimum absolute atomic E-state index is 0.486. The number of nitrogens with zero attached hydrogens (tertiary/aromatic N) is 3. The van der Waals surface area contributed by atoms with Crippen LogP contribution >= 0.6 is 0 Å². The predicted molar refractivity (Wildman–Crippen MR) is 84.9 cm³/mol. The van der Waals surface area contributed by atoms with Gasteiger partial charge in [0, 0.05) is 18.6 Å². The minimum Gasteiger partial charge on any atom is -0.298 e. The highest BCUT2D eigenvalue weighted by Crippen LogP contribution is 2.43. The van der Waals surface area contributed by atoms with E-state index in [9.17, 15) is 0 Å². The maximum atomic E-state index is 4.58. The Morgan fingerprint density at radius 3 is 2.76 bits per heavy atom. The van der Waals surface area contributed by atoms with Gasteiger partial charge in [0.2, 0.25) is 0 Å². The molecule has 0 aromatic carbocycles. The lowest BCUT2D eigenvalue weighted by atomic mass is 10.1. The molecule has 21 heavy (non-hydrogen) atoms. The van der Waals surface area contributed by atoms with E-state index in [-0.39, 0.29) is 0 Å². The van der Waals surface area contributed by atoms with Gasteiger partial charge in [-0.05, 0) is 69.0 Å². The molecule has 3 rings (SSSR count). The van der Waals surface area contributed by atoms with Crippen LogP contribution in [0.2, 0.25) is 0 Å². The third-order valence-corrected chi connectivity index (χ3v) is 4.23. The molecule has 0 saturated heterocycles. The van der Waals surface area contributed by atoms with Crippen LogP contribution in [0.3, 0.4) is 0 Å². The second-order valence-corrected chi connectivity index (χ2v) is 5.98. The minimum atomic E-state index is 0.486. The topological polar surface area (TPSA) is 29.0 Å². The predicted octanol–water partition coefficient (Wildman–Crippen LogP) is 3.49. The summed E-state index contributed by atoms with van der Waals surface area (Å²) in [6.45, 7) is 1.10. The van der Waals surface area contributed by atoms with Crippen LogP contribution < -0.4 is 0 Å². The molecule has 2 aromatic rings. The van der Waals surface area contributed by atoms with Crippen molar-refractivity contribution in [3.63, 3.8) is 0 Å². The molecule has 2 aromatic heterocycles. The highest BCUT2D eigenvalue weighted by Gasteiger charge is 2.35. The van der Waals surface area contributed by atoms with Gasteiger partial charge in [-0.15, -0.1) is 0 Å². The van der Waals surface area contributed by atoms with Crippen molar-refractivity contribution in [1.29, 1.82) is 0 Å². The Morgan fingerprint density at radius 2 is 2.10 bits per heavy atom. The fraction of sp³-hybridized carbons (Fsp3) is 0.444. The quantitative estimate of drug-likeness (QED) is 0.778. The van der Waals surface area contributed by atoms with Crippen molar-refractivity contribution in [2.24, 2.45) is 5.92 Å². The van der Waals surface area contributed by atoms with Gasteiger partial charge in [-0.2, -0.15) is 0 Å². The second kappa shape index (κ2) is 6.81. The van der Waals surface area contributed by atoms with Crippen molar-refractivity contribution in [2.45, 2.75) is 31.7 Å². The van der Waals surface area contributed by atoms with Crippen LogP contribution in [0.1, 0.15) is 36.6 Å². The van der Waals surface area contributed by atoms with Crippen LogP contribution in [0.5, 0.6) is 0 Å². The van der Waals surface area contributed by atoms with Crippen LogP contribution in [-0.2, 0) is 6.42 Å². The molecule has 0 amide bonds. The van der Waals surface area contributed by atoms with Gasteiger partial charge in [-0.3, -0.25) is 14.9 Å². The van der Waals surface area contributed by atoms with E-state index < -0.39 is 0 Å². The third kappa shape index (κ3) is 3.88. The molecule has 0 unspecified atom stereocenters. The normalized spacial score (nSPS) is 16.1. The summed E-state index contributed by atoms with van der Waals surface area (Å²) in [6.07, 6.45) is 10.7. The number of hydrogen-bond donors (Lipinski definition) is 0. The molecule has 110 valence electrons. The molecule has 1 aliphatic carbocycles. The number of hydrogen-bond acceptors (Lipinski definition) is 3. The van der Waals surface area contributed by atoms with Crippen LogP contribution in [0.15, 0.2) is 48.9 Å². The van der Waals surface area contributed by atoms with E-state index in [4.69, 9.17) is 0 Å². The fourth-order valence-electron chi connectivity index (χ4n) is 3.01. The fourth-order valence-corrected chi connectivity index (χ4v) is 3.01. The highest BCUT2D eigenvalue weighted by atomic mass is 15.1. The Morgan fingerprint density at radius 1 is 1.19 bits per heavy atom. The van der Waals surface area contributed by atoms with Crippen LogP contribution in [0.25, 0.3) is 0 Å². The van der Waals surface area contributed by atoms with Crippen LogP contribution in [-0.4, -0.2) is 28.5 Å². The zero-order valence-electron chi connectivity index (χ0n) is 12.7. The summed E-state index contributed by atoms with van der Waals surface area (Å²) in [6, 6.07) is 10.9. The molecule has 0 aliphatic heterocycles. The van der Waals surface area contributed by atoms with Crippen molar-refractivity contribution in [1.82, 2.24) is 14.9 Å². The number of aromatic nitrogens is 2. The Kier molecular flexibility index (Phi) is 4.61. The summed E-state index contributed by atoms with van der Waals surface area (Å²) in [5, 5.41) is 0. The van der Waals surface area contributed by atoms with Gasteiger partial charge < -0.3 is 0 Å². The summed E-state index contributed by atoms with van der Waals surface area (Å²) in [7, 11) is 2.24. The monoisotopic (exact) mass is 281 g/mol. The molecule has 3 heteroatoms. The second-order valence-electron chi connectivity index (χ2n) is 5.98. The Bertz CT molecular complexity index is 537. The van der Waals surface area contributed by atoms with Gasteiger partial charge >= 0.3 is 0 Å². The molecular weight excluding hydrogens is 258 g/mol. The lowest BCUT2D eigenvalue weighted by Crippen LogP contribution is -2.28. The van der Waals surface area contributed by atoms with Crippen molar-refractivity contribution in [3.05, 3.63) is 60.2 Å². The first-order chi connectivity index (χ1) is 10.3. The van der Waals surface area contributed by atoms with E-state index in [1.54, 1.807) is 0 Å². The summed E-state index contributed by atoms with van der Waals surface area (Å²) in [5.74, 6) is 0.795. The van der Waals surface area contributed by atoms with Gasteiger partial charge in [0.05, 0.1) is 11.7 Å². The lowest BCUT2D eigenvalue weighted by molar-refractivity contribution is 0.214. The number of pyridine rings is 2. The summed E-state index contributed by atoms with van der Waals surface area (Å²) in [5.41, 5.74) is 2.55. The summed E-state index contributed by atoms with van der Waals surface area (Å²) in [4.78, 5) is 11.2. The number of rotatable bonds is 7. The molecule has 1 atom stereocenters. The van der Waals surface area contributed by atoms with Crippen molar-refractivity contribution in [3.8, 4) is 0 Å². The van der Waals surface area contributed by atoms with Gasteiger partial charge in [0.15, 0.2) is 0 Å². The first kappa shape index (κ1) is 14.2. The summed E-state index contributed by atoms with van der Waals surface area (Å²) < 4.78 is 0. The van der Waals surface area contributed by atoms with Crippen molar-refractivity contribution < 1.29 is 0 Å². The molecule has 2 heterocycles. The van der Waals surface area contributed by atoms with Gasteiger partial charge in [0.1, 0.15) is 0 Å². The Hall–Kier alpha value is -1.74. The Balaban J connectivity index is 1.56. The van der Waals surface area contributed by atoms with Gasteiger partial charge in [-0.25, -0.2) is 0 Å². The standard InChI is InChI=1S/C18H23N3/c1-21(13-5-7-15-6-4-11-19-14-15)18(16-9-10-16)17-8-2-3-12-20-17/h2-4,6,8,11-12,14,16,18H,5,7,9-10,13H2,1H3/t18-/m1/s1.